The summed E-state index contributed by atoms with van der Waals surface area (Å²) in [4.78, 5) is 2.57. The fourth-order valence-electron chi connectivity index (χ4n) is 8.22. The molecule has 2 heterocycles. The van der Waals surface area contributed by atoms with Crippen molar-refractivity contribution in [2.24, 2.45) is 5.92 Å². The van der Waals surface area contributed by atoms with Crippen LogP contribution >= 0.6 is 0 Å². The Morgan fingerprint density at radius 1 is 1.00 bits per heavy atom. The molecule has 0 unspecified atom stereocenters. The maximum Gasteiger partial charge on any atom is 0.165 e. The van der Waals surface area contributed by atoms with Crippen molar-refractivity contribution in [1.29, 1.82) is 0 Å². The van der Waals surface area contributed by atoms with E-state index in [-0.39, 0.29) is 24.0 Å². The lowest BCUT2D eigenvalue weighted by molar-refractivity contribution is -0.217. The van der Waals surface area contributed by atoms with Crippen LogP contribution in [0.15, 0.2) is 54.6 Å². The monoisotopic (exact) mass is 483 g/mol. The van der Waals surface area contributed by atoms with E-state index in [1.54, 1.807) is 6.07 Å². The molecule has 2 N–H and O–H groups in total. The van der Waals surface area contributed by atoms with Crippen molar-refractivity contribution in [2.45, 2.75) is 74.4 Å². The first-order valence-corrected chi connectivity index (χ1v) is 13.7. The Morgan fingerprint density at radius 2 is 1.86 bits per heavy atom. The van der Waals surface area contributed by atoms with Gasteiger partial charge in [0, 0.05) is 18.2 Å². The largest absolute Gasteiger partial charge is 0.504 e. The number of benzene rings is 3. The lowest BCUT2D eigenvalue weighted by atomic mass is 9.48. The first kappa shape index (κ1) is 21.5. The molecule has 5 heteroatoms. The van der Waals surface area contributed by atoms with Gasteiger partial charge in [0.2, 0.25) is 0 Å². The molecular weight excluding hydrogens is 450 g/mol. The van der Waals surface area contributed by atoms with E-state index in [2.05, 4.69) is 53.4 Å². The number of aliphatic hydroxyl groups is 1. The van der Waals surface area contributed by atoms with Gasteiger partial charge in [-0.3, -0.25) is 4.90 Å². The predicted octanol–water partition coefficient (Wildman–Crippen LogP) is 4.69. The fraction of sp³-hybridized carbons (Fsp3) is 0.484. The van der Waals surface area contributed by atoms with Gasteiger partial charge in [-0.2, -0.15) is 0 Å². The van der Waals surface area contributed by atoms with E-state index in [1.807, 2.05) is 0 Å². The molecule has 2 aliphatic heterocycles. The van der Waals surface area contributed by atoms with Crippen molar-refractivity contribution >= 4 is 10.8 Å². The second-order valence-electron chi connectivity index (χ2n) is 11.8. The van der Waals surface area contributed by atoms with E-state index in [9.17, 15) is 10.2 Å². The second kappa shape index (κ2) is 7.47. The third kappa shape index (κ3) is 2.77. The summed E-state index contributed by atoms with van der Waals surface area (Å²) in [6.07, 6.45) is 5.32. The van der Waals surface area contributed by atoms with Gasteiger partial charge in [-0.25, -0.2) is 0 Å². The Hall–Kier alpha value is -2.60. The summed E-state index contributed by atoms with van der Waals surface area (Å²) in [7, 11) is 0. The summed E-state index contributed by atoms with van der Waals surface area (Å²) in [5.74, 6) is 1.56. The average Bonchev–Trinajstić information content (AvgIpc) is 3.63. The van der Waals surface area contributed by atoms with Crippen LogP contribution in [0.5, 0.6) is 11.5 Å². The number of nitrogens with zero attached hydrogens (tertiary/aromatic N) is 1. The zero-order chi connectivity index (χ0) is 24.1. The summed E-state index contributed by atoms with van der Waals surface area (Å²) >= 11 is 0. The Morgan fingerprint density at radius 3 is 2.75 bits per heavy atom. The number of phenolic OH excluding ortho intramolecular Hbond substituents is 1. The number of fused-ring (bicyclic) bond motifs is 1. The number of phenols is 1. The van der Waals surface area contributed by atoms with Gasteiger partial charge in [0.15, 0.2) is 11.5 Å². The average molecular weight is 484 g/mol. The molecule has 186 valence electrons. The van der Waals surface area contributed by atoms with Crippen molar-refractivity contribution in [1.82, 2.24) is 4.90 Å². The van der Waals surface area contributed by atoms with Crippen molar-refractivity contribution in [2.75, 3.05) is 13.1 Å². The lowest BCUT2D eigenvalue weighted by Gasteiger charge is -2.64. The van der Waals surface area contributed by atoms with Gasteiger partial charge in [0.05, 0.1) is 23.7 Å². The third-order valence-electron chi connectivity index (χ3n) is 10.0. The number of aromatic hydroxyl groups is 1. The topological polar surface area (TPSA) is 62.2 Å². The second-order valence-corrected chi connectivity index (χ2v) is 11.8. The maximum atomic E-state index is 12.6. The minimum atomic E-state index is -0.865. The Balaban J connectivity index is 1.18. The van der Waals surface area contributed by atoms with Crippen LogP contribution in [0.3, 0.4) is 0 Å². The standard InChI is InChI=1S/C31H33NO4/c33-24-11-10-21-16-26-31(34)13-12-25(35-18-22-6-3-5-20-4-1-2-7-23(20)22)29-30(31,27(21)28(24)36-29)14-15-32(26)17-19-8-9-19/h1-7,10-11,19,25-26,29,33-34H,8-9,12-18H2/t25-,26-,29+,30+,31-/m1/s1. The normalized spacial score (nSPS) is 34.4. The van der Waals surface area contributed by atoms with E-state index in [0.717, 1.165) is 43.8 Å². The van der Waals surface area contributed by atoms with Crippen molar-refractivity contribution < 1.29 is 19.7 Å². The summed E-state index contributed by atoms with van der Waals surface area (Å²) in [5, 5.41) is 25.8. The molecule has 1 saturated heterocycles. The van der Waals surface area contributed by atoms with Gasteiger partial charge in [-0.15, -0.1) is 0 Å². The highest BCUT2D eigenvalue weighted by atomic mass is 16.6. The summed E-state index contributed by atoms with van der Waals surface area (Å²) in [5.41, 5.74) is 2.08. The molecule has 3 aliphatic carbocycles. The molecule has 5 nitrogen and oxygen atoms in total. The molecule has 5 atom stereocenters. The van der Waals surface area contributed by atoms with Gasteiger partial charge in [0.1, 0.15) is 6.10 Å². The van der Waals surface area contributed by atoms with Gasteiger partial charge < -0.3 is 19.7 Å². The molecule has 0 amide bonds. The molecule has 2 saturated carbocycles. The molecule has 3 aromatic rings. The van der Waals surface area contributed by atoms with Crippen LogP contribution in [0.4, 0.5) is 0 Å². The minimum Gasteiger partial charge on any atom is -0.504 e. The molecule has 36 heavy (non-hydrogen) atoms. The number of ether oxygens (including phenoxy) is 2. The van der Waals surface area contributed by atoms with Crippen LogP contribution in [-0.4, -0.2) is 52.1 Å². The van der Waals surface area contributed by atoms with Crippen molar-refractivity contribution in [3.05, 3.63) is 71.3 Å². The van der Waals surface area contributed by atoms with Crippen molar-refractivity contribution in [3.8, 4) is 11.5 Å². The highest BCUT2D eigenvalue weighted by Gasteiger charge is 2.73. The van der Waals surface area contributed by atoms with Gasteiger partial charge in [0.25, 0.3) is 0 Å². The number of hydrogen-bond acceptors (Lipinski definition) is 5. The van der Waals surface area contributed by atoms with Crippen molar-refractivity contribution in [3.63, 3.8) is 0 Å². The van der Waals surface area contributed by atoms with Gasteiger partial charge in [-0.1, -0.05) is 48.5 Å². The number of hydrogen-bond donors (Lipinski definition) is 2. The first-order valence-electron chi connectivity index (χ1n) is 13.7. The highest BCUT2D eigenvalue weighted by molar-refractivity contribution is 5.85. The lowest BCUT2D eigenvalue weighted by Crippen LogP contribution is -2.77. The quantitative estimate of drug-likeness (QED) is 0.551. The molecule has 0 radical (unpaired) electrons. The molecule has 3 fully saturated rings. The molecule has 2 bridgehead atoms. The third-order valence-corrected chi connectivity index (χ3v) is 10.0. The molecule has 0 aromatic heterocycles. The van der Waals surface area contributed by atoms with E-state index in [0.29, 0.717) is 18.8 Å². The molecular formula is C31H33NO4. The van der Waals surface area contributed by atoms with E-state index in [4.69, 9.17) is 9.47 Å². The molecule has 8 rings (SSSR count). The Labute approximate surface area is 211 Å². The van der Waals surface area contributed by atoms with Crippen LogP contribution < -0.4 is 4.74 Å². The zero-order valence-electron chi connectivity index (χ0n) is 20.5. The molecule has 5 aliphatic rings. The summed E-state index contributed by atoms with van der Waals surface area (Å²) < 4.78 is 13.3. The first-order chi connectivity index (χ1) is 17.6. The van der Waals surface area contributed by atoms with Crippen LogP contribution in [0.25, 0.3) is 10.8 Å². The van der Waals surface area contributed by atoms with Gasteiger partial charge >= 0.3 is 0 Å². The van der Waals surface area contributed by atoms with Gasteiger partial charge in [-0.05, 0) is 79.0 Å². The van der Waals surface area contributed by atoms with E-state index < -0.39 is 11.0 Å². The smallest absolute Gasteiger partial charge is 0.165 e. The summed E-state index contributed by atoms with van der Waals surface area (Å²) in [6, 6.07) is 18.7. The molecule has 1 spiro atoms. The van der Waals surface area contributed by atoms with E-state index in [1.165, 1.54) is 34.7 Å². The predicted molar refractivity (Wildman–Crippen MR) is 137 cm³/mol. The van der Waals surface area contributed by atoms with Crippen LogP contribution in [0, 0.1) is 5.92 Å². The minimum absolute atomic E-state index is 0.0972. The van der Waals surface area contributed by atoms with Crippen LogP contribution in [-0.2, 0) is 23.2 Å². The Kier molecular flexibility index (Phi) is 4.46. The van der Waals surface area contributed by atoms with Crippen LogP contribution in [0.1, 0.15) is 48.8 Å². The van der Waals surface area contributed by atoms with E-state index >= 15 is 0 Å². The van der Waals surface area contributed by atoms with Crippen LogP contribution in [0.2, 0.25) is 0 Å². The maximum absolute atomic E-state index is 12.6. The zero-order valence-corrected chi connectivity index (χ0v) is 20.5. The number of piperidine rings is 1. The number of rotatable bonds is 5. The highest BCUT2D eigenvalue weighted by Crippen LogP contribution is 2.65. The molecule has 3 aromatic carbocycles. The Bertz CT molecular complexity index is 1360. The summed E-state index contributed by atoms with van der Waals surface area (Å²) in [6.45, 7) is 2.57. The number of likely N-dealkylation sites (tertiary alicyclic amines) is 1. The fourth-order valence-corrected chi connectivity index (χ4v) is 8.22. The SMILES string of the molecule is Oc1ccc2c3c1O[C@H]1[C@H](OCc4cccc5ccccc45)CC[C@@]4(O)[C@@H](C2)N(CC2CC2)CC[C@]314.